The number of aromatic nitrogens is 2. The Morgan fingerprint density at radius 1 is 1.35 bits per heavy atom. The van der Waals surface area contributed by atoms with Gasteiger partial charge in [-0.2, -0.15) is 5.10 Å². The summed E-state index contributed by atoms with van der Waals surface area (Å²) < 4.78 is 14.7. The molecule has 1 aromatic heterocycles. The first-order valence-corrected chi connectivity index (χ1v) is 5.00. The largest absolute Gasteiger partial charge is 0.384 e. The Morgan fingerprint density at radius 3 is 2.65 bits per heavy atom. The molecule has 0 atom stereocenters. The minimum absolute atomic E-state index is 0.0406. The minimum Gasteiger partial charge on any atom is -0.384 e. The molecule has 1 aromatic carbocycles. The predicted octanol–water partition coefficient (Wildman–Crippen LogP) is 0.636. The average Bonchev–Trinajstić information content (AvgIpc) is 2.64. The van der Waals surface area contributed by atoms with Gasteiger partial charge < -0.3 is 15.9 Å². The number of nitrogen functional groups attached to an aromatic ring is 1. The van der Waals surface area contributed by atoms with E-state index in [0.29, 0.717) is 5.56 Å². The molecule has 0 aliphatic heterocycles. The van der Waals surface area contributed by atoms with Crippen LogP contribution in [-0.2, 0) is 6.54 Å². The molecular weight excluding hydrogens is 225 g/mol. The molecule has 1 heterocycles. The van der Waals surface area contributed by atoms with Gasteiger partial charge in [-0.25, -0.2) is 9.07 Å². The third-order valence-electron chi connectivity index (χ3n) is 2.37. The number of benzene rings is 1. The molecule has 0 radical (unpaired) electrons. The van der Waals surface area contributed by atoms with E-state index >= 15 is 0 Å². The number of nitrogens with two attached hydrogens (primary N) is 1. The number of halogens is 1. The summed E-state index contributed by atoms with van der Waals surface area (Å²) in [6.45, 7) is 0.144. The molecule has 6 heteroatoms. The van der Waals surface area contributed by atoms with Gasteiger partial charge in [-0.1, -0.05) is 18.2 Å². The molecule has 0 bridgehead atoms. The summed E-state index contributed by atoms with van der Waals surface area (Å²) >= 11 is 0. The molecule has 0 fully saturated rings. The number of anilines is 1. The van der Waals surface area contributed by atoms with E-state index in [9.17, 15) is 4.39 Å². The van der Waals surface area contributed by atoms with Gasteiger partial charge in [0.2, 0.25) is 0 Å². The van der Waals surface area contributed by atoms with Crippen LogP contribution in [0, 0.1) is 5.82 Å². The maximum Gasteiger partial charge on any atom is 0.197 e. The lowest BCUT2D eigenvalue weighted by Gasteiger charge is -2.05. The second-order valence-corrected chi connectivity index (χ2v) is 3.62. The van der Waals surface area contributed by atoms with Crippen LogP contribution in [0.4, 0.5) is 10.2 Å². The molecule has 2 aromatic rings. The van der Waals surface area contributed by atoms with E-state index in [4.69, 9.17) is 15.9 Å². The molecule has 4 N–H and O–H groups in total. The lowest BCUT2D eigenvalue weighted by Crippen LogP contribution is -2.08. The molecule has 0 spiro atoms. The van der Waals surface area contributed by atoms with E-state index < -0.39 is 6.29 Å². The Morgan fingerprint density at radius 2 is 2.06 bits per heavy atom. The minimum atomic E-state index is -1.68. The fourth-order valence-electron chi connectivity index (χ4n) is 1.49. The highest BCUT2D eigenvalue weighted by Gasteiger charge is 2.12. The van der Waals surface area contributed by atoms with Gasteiger partial charge in [-0.15, -0.1) is 0 Å². The van der Waals surface area contributed by atoms with Crippen LogP contribution in [0.5, 0.6) is 0 Å². The van der Waals surface area contributed by atoms with Crippen molar-refractivity contribution in [2.45, 2.75) is 12.8 Å². The monoisotopic (exact) mass is 237 g/mol. The highest BCUT2D eigenvalue weighted by Crippen LogP contribution is 2.15. The fourth-order valence-corrected chi connectivity index (χ4v) is 1.49. The van der Waals surface area contributed by atoms with Crippen molar-refractivity contribution in [1.82, 2.24) is 9.78 Å². The lowest BCUT2D eigenvalue weighted by atomic mass is 10.2. The van der Waals surface area contributed by atoms with Crippen molar-refractivity contribution in [3.63, 3.8) is 0 Å². The molecule has 0 saturated heterocycles. The van der Waals surface area contributed by atoms with Crippen LogP contribution in [0.15, 0.2) is 30.3 Å². The second kappa shape index (κ2) is 4.52. The van der Waals surface area contributed by atoms with E-state index in [1.165, 1.54) is 16.8 Å². The summed E-state index contributed by atoms with van der Waals surface area (Å²) in [6.07, 6.45) is -1.68. The zero-order valence-corrected chi connectivity index (χ0v) is 8.92. The first-order chi connectivity index (χ1) is 8.08. The van der Waals surface area contributed by atoms with Crippen molar-refractivity contribution in [3.05, 3.63) is 47.4 Å². The smallest absolute Gasteiger partial charge is 0.197 e. The van der Waals surface area contributed by atoms with Crippen LogP contribution in [-0.4, -0.2) is 20.0 Å². The summed E-state index contributed by atoms with van der Waals surface area (Å²) in [5.41, 5.74) is 6.11. The number of aliphatic hydroxyl groups is 2. The van der Waals surface area contributed by atoms with Gasteiger partial charge in [0.15, 0.2) is 6.29 Å². The molecule has 0 amide bonds. The van der Waals surface area contributed by atoms with Crippen LogP contribution in [0.25, 0.3) is 0 Å². The lowest BCUT2D eigenvalue weighted by molar-refractivity contribution is -0.0462. The molecule has 2 rings (SSSR count). The van der Waals surface area contributed by atoms with Crippen LogP contribution >= 0.6 is 0 Å². The summed E-state index contributed by atoms with van der Waals surface area (Å²) in [5, 5.41) is 21.7. The Balaban J connectivity index is 2.27. The maximum absolute atomic E-state index is 13.4. The van der Waals surface area contributed by atoms with Crippen LogP contribution in [0.1, 0.15) is 17.5 Å². The highest BCUT2D eigenvalue weighted by molar-refractivity contribution is 5.32. The molecule has 0 aliphatic carbocycles. The second-order valence-electron chi connectivity index (χ2n) is 3.62. The Bertz CT molecular complexity index is 525. The number of aliphatic hydroxyl groups excluding tert-OH is 1. The van der Waals surface area contributed by atoms with E-state index in [0.717, 1.165) is 0 Å². The van der Waals surface area contributed by atoms with Crippen LogP contribution < -0.4 is 5.73 Å². The predicted molar refractivity (Wildman–Crippen MR) is 59.3 cm³/mol. The average molecular weight is 237 g/mol. The summed E-state index contributed by atoms with van der Waals surface area (Å²) in [6, 6.07) is 7.60. The van der Waals surface area contributed by atoms with Gasteiger partial charge in [-0.05, 0) is 6.07 Å². The first-order valence-electron chi connectivity index (χ1n) is 5.00. The number of hydrogen-bond donors (Lipinski definition) is 3. The van der Waals surface area contributed by atoms with Crippen molar-refractivity contribution >= 4 is 5.82 Å². The normalized spacial score (nSPS) is 11.1. The van der Waals surface area contributed by atoms with Crippen molar-refractivity contribution in [3.8, 4) is 0 Å². The first kappa shape index (κ1) is 11.6. The molecular formula is C11H12FN3O2. The quantitative estimate of drug-likeness (QED) is 0.684. The zero-order chi connectivity index (χ0) is 12.4. The molecule has 0 saturated carbocycles. The molecule has 0 aliphatic rings. The number of hydrogen-bond acceptors (Lipinski definition) is 4. The fraction of sp³-hybridized carbons (Fsp3) is 0.182. The van der Waals surface area contributed by atoms with Gasteiger partial charge in [0.25, 0.3) is 0 Å². The van der Waals surface area contributed by atoms with E-state index in [1.54, 1.807) is 18.2 Å². The van der Waals surface area contributed by atoms with Crippen molar-refractivity contribution < 1.29 is 14.6 Å². The van der Waals surface area contributed by atoms with Crippen LogP contribution in [0.2, 0.25) is 0 Å². The van der Waals surface area contributed by atoms with Crippen LogP contribution in [0.3, 0.4) is 0 Å². The van der Waals surface area contributed by atoms with Gasteiger partial charge in [0.1, 0.15) is 17.3 Å². The molecule has 0 unspecified atom stereocenters. The zero-order valence-electron chi connectivity index (χ0n) is 8.92. The molecule has 5 nitrogen and oxygen atoms in total. The number of rotatable bonds is 3. The third-order valence-corrected chi connectivity index (χ3v) is 2.37. The molecule has 90 valence electrons. The molecule has 17 heavy (non-hydrogen) atoms. The van der Waals surface area contributed by atoms with Gasteiger partial charge in [0.05, 0.1) is 6.54 Å². The topological polar surface area (TPSA) is 84.3 Å². The summed E-state index contributed by atoms with van der Waals surface area (Å²) in [4.78, 5) is 0. The van der Waals surface area contributed by atoms with E-state index in [2.05, 4.69) is 5.10 Å². The standard InChI is InChI=1S/C11H12FN3O2/c12-8-4-2-1-3-7(8)6-15-10(13)5-9(14-15)11(16)17/h1-5,11,16-17H,6,13H2. The Hall–Kier alpha value is -1.92. The van der Waals surface area contributed by atoms with E-state index in [-0.39, 0.29) is 23.9 Å². The number of nitrogens with zero attached hydrogens (tertiary/aromatic N) is 2. The third kappa shape index (κ3) is 2.43. The van der Waals surface area contributed by atoms with Crippen molar-refractivity contribution in [1.29, 1.82) is 0 Å². The maximum atomic E-state index is 13.4. The van der Waals surface area contributed by atoms with Crippen molar-refractivity contribution in [2.75, 3.05) is 5.73 Å². The van der Waals surface area contributed by atoms with Gasteiger partial charge >= 0.3 is 0 Å². The van der Waals surface area contributed by atoms with Gasteiger partial charge in [-0.3, -0.25) is 0 Å². The Kier molecular flexibility index (Phi) is 3.08. The highest BCUT2D eigenvalue weighted by atomic mass is 19.1. The van der Waals surface area contributed by atoms with Crippen molar-refractivity contribution in [2.24, 2.45) is 0 Å². The summed E-state index contributed by atoms with van der Waals surface area (Å²) in [5.74, 6) is -0.107. The Labute approximate surface area is 96.9 Å². The summed E-state index contributed by atoms with van der Waals surface area (Å²) in [7, 11) is 0. The SMILES string of the molecule is Nc1cc(C(O)O)nn1Cc1ccccc1F. The van der Waals surface area contributed by atoms with E-state index in [1.807, 2.05) is 0 Å². The van der Waals surface area contributed by atoms with Gasteiger partial charge in [0, 0.05) is 11.6 Å².